The molecule has 1 aliphatic carbocycles. The third kappa shape index (κ3) is 4.58. The van der Waals surface area contributed by atoms with Gasteiger partial charge in [0.25, 0.3) is 5.56 Å². The maximum Gasteiger partial charge on any atom is 0.261 e. The van der Waals surface area contributed by atoms with Gasteiger partial charge in [-0.1, -0.05) is 61.5 Å². The van der Waals surface area contributed by atoms with Crippen molar-refractivity contribution in [3.8, 4) is 11.1 Å². The third-order valence-electron chi connectivity index (χ3n) is 6.12. The molecule has 1 amide bonds. The van der Waals surface area contributed by atoms with E-state index >= 15 is 0 Å². The molecule has 5 heteroatoms. The molecule has 0 spiro atoms. The van der Waals surface area contributed by atoms with Crippen molar-refractivity contribution in [1.29, 1.82) is 0 Å². The number of benzene rings is 3. The second-order valence-corrected chi connectivity index (χ2v) is 8.73. The topological polar surface area (TPSA) is 64.0 Å². The zero-order valence-corrected chi connectivity index (χ0v) is 18.8. The zero-order chi connectivity index (χ0) is 22.8. The van der Waals surface area contributed by atoms with Crippen molar-refractivity contribution in [2.75, 3.05) is 5.32 Å². The molecular formula is C28H27N3O2. The minimum atomic E-state index is -0.0712. The predicted octanol–water partition coefficient (Wildman–Crippen LogP) is 5.41. The molecule has 1 aromatic heterocycles. The highest BCUT2D eigenvalue weighted by molar-refractivity contribution is 5.96. The van der Waals surface area contributed by atoms with E-state index in [1.807, 2.05) is 30.3 Å². The first kappa shape index (κ1) is 21.1. The van der Waals surface area contributed by atoms with E-state index in [0.717, 1.165) is 42.6 Å². The number of amides is 1. The lowest BCUT2D eigenvalue weighted by atomic mass is 10.0. The van der Waals surface area contributed by atoms with E-state index in [9.17, 15) is 9.59 Å². The highest BCUT2D eigenvalue weighted by Gasteiger charge is 2.29. The first-order chi connectivity index (χ1) is 16.1. The number of nitrogens with one attached hydrogen (secondary N) is 1. The summed E-state index contributed by atoms with van der Waals surface area (Å²) in [7, 11) is 0. The Kier molecular flexibility index (Phi) is 5.78. The zero-order valence-electron chi connectivity index (χ0n) is 18.8. The quantitative estimate of drug-likeness (QED) is 0.420. The molecule has 0 bridgehead atoms. The van der Waals surface area contributed by atoms with Crippen LogP contribution in [0.25, 0.3) is 22.0 Å². The van der Waals surface area contributed by atoms with Crippen molar-refractivity contribution in [1.82, 2.24) is 9.55 Å². The van der Waals surface area contributed by atoms with Crippen LogP contribution in [0, 0.1) is 5.92 Å². The van der Waals surface area contributed by atoms with E-state index in [1.54, 1.807) is 10.6 Å². The summed E-state index contributed by atoms with van der Waals surface area (Å²) in [5, 5.41) is 3.47. The van der Waals surface area contributed by atoms with Crippen molar-refractivity contribution in [2.24, 2.45) is 5.92 Å². The Labute approximate surface area is 193 Å². The van der Waals surface area contributed by atoms with Gasteiger partial charge in [-0.25, -0.2) is 4.98 Å². The van der Waals surface area contributed by atoms with Gasteiger partial charge >= 0.3 is 0 Å². The average molecular weight is 438 g/mol. The molecule has 0 radical (unpaired) electrons. The molecule has 1 saturated carbocycles. The maximum absolute atomic E-state index is 13.5. The Morgan fingerprint density at radius 1 is 1.00 bits per heavy atom. The molecule has 0 aliphatic heterocycles. The summed E-state index contributed by atoms with van der Waals surface area (Å²) in [5.41, 5.74) is 4.62. The fourth-order valence-electron chi connectivity index (χ4n) is 4.13. The van der Waals surface area contributed by atoms with Crippen molar-refractivity contribution >= 4 is 22.5 Å². The molecule has 0 saturated heterocycles. The largest absolute Gasteiger partial charge is 0.326 e. The number of nitrogens with zero attached hydrogens (tertiary/aromatic N) is 2. The number of aryl methyl sites for hydroxylation is 1. The summed E-state index contributed by atoms with van der Waals surface area (Å²) < 4.78 is 1.77. The highest BCUT2D eigenvalue weighted by atomic mass is 16.2. The Morgan fingerprint density at radius 3 is 2.42 bits per heavy atom. The lowest BCUT2D eigenvalue weighted by molar-refractivity contribution is -0.117. The van der Waals surface area contributed by atoms with Gasteiger partial charge in [0, 0.05) is 18.0 Å². The summed E-state index contributed by atoms with van der Waals surface area (Å²) >= 11 is 0. The minimum Gasteiger partial charge on any atom is -0.326 e. The van der Waals surface area contributed by atoms with E-state index in [4.69, 9.17) is 4.98 Å². The number of hydrogen-bond donors (Lipinski definition) is 1. The van der Waals surface area contributed by atoms with Crippen LogP contribution in [-0.2, 0) is 17.8 Å². The smallest absolute Gasteiger partial charge is 0.261 e. The minimum absolute atomic E-state index is 0.0312. The molecule has 3 aromatic carbocycles. The van der Waals surface area contributed by atoms with Gasteiger partial charge in [-0.15, -0.1) is 0 Å². The van der Waals surface area contributed by atoms with Crippen LogP contribution in [0.2, 0.25) is 0 Å². The lowest BCUT2D eigenvalue weighted by Gasteiger charge is -2.14. The van der Waals surface area contributed by atoms with Crippen molar-refractivity contribution in [2.45, 2.75) is 39.2 Å². The van der Waals surface area contributed by atoms with E-state index < -0.39 is 0 Å². The van der Waals surface area contributed by atoms with E-state index in [-0.39, 0.29) is 17.4 Å². The van der Waals surface area contributed by atoms with Gasteiger partial charge < -0.3 is 5.32 Å². The third-order valence-corrected chi connectivity index (χ3v) is 6.12. The van der Waals surface area contributed by atoms with Crippen LogP contribution in [0.3, 0.4) is 0 Å². The SMILES string of the molecule is CCCc1nc2ccc(NC(=O)C3CC3)cc2c(=O)n1Cc1ccc(-c2ccccc2)cc1. The summed E-state index contributed by atoms with van der Waals surface area (Å²) in [6.07, 6.45) is 3.52. The number of carbonyl (C=O) groups excluding carboxylic acids is 1. The van der Waals surface area contributed by atoms with Gasteiger partial charge in [-0.05, 0) is 54.2 Å². The highest BCUT2D eigenvalue weighted by Crippen LogP contribution is 2.30. The first-order valence-corrected chi connectivity index (χ1v) is 11.6. The van der Waals surface area contributed by atoms with Crippen LogP contribution >= 0.6 is 0 Å². The van der Waals surface area contributed by atoms with Gasteiger partial charge in [0.1, 0.15) is 5.82 Å². The number of carbonyl (C=O) groups is 1. The van der Waals surface area contributed by atoms with Crippen molar-refractivity contribution < 1.29 is 4.79 Å². The molecule has 5 nitrogen and oxygen atoms in total. The predicted molar refractivity (Wildman–Crippen MR) is 132 cm³/mol. The van der Waals surface area contributed by atoms with Crippen molar-refractivity contribution in [3.05, 3.63) is 94.5 Å². The van der Waals surface area contributed by atoms with Crippen LogP contribution in [0.4, 0.5) is 5.69 Å². The number of fused-ring (bicyclic) bond motifs is 1. The van der Waals surface area contributed by atoms with Crippen LogP contribution in [0.5, 0.6) is 0 Å². The van der Waals surface area contributed by atoms with E-state index in [1.165, 1.54) is 5.56 Å². The standard InChI is InChI=1S/C28H27N3O2/c1-2-6-26-30-25-16-15-23(29-27(32)22-13-14-22)17-24(25)28(33)31(26)18-19-9-11-21(12-10-19)20-7-4-3-5-8-20/h3-5,7-12,15-17,22H,2,6,13-14,18H2,1H3,(H,29,32). The van der Waals surface area contributed by atoms with Gasteiger partial charge in [-0.3, -0.25) is 14.2 Å². The average Bonchev–Trinajstić information content (AvgIpc) is 3.69. The molecule has 33 heavy (non-hydrogen) atoms. The van der Waals surface area contributed by atoms with Crippen molar-refractivity contribution in [3.63, 3.8) is 0 Å². The summed E-state index contributed by atoms with van der Waals surface area (Å²) in [5.74, 6) is 0.932. The summed E-state index contributed by atoms with van der Waals surface area (Å²) in [4.78, 5) is 30.5. The molecule has 1 N–H and O–H groups in total. The molecule has 1 aliphatic rings. The fraction of sp³-hybridized carbons (Fsp3) is 0.250. The molecule has 0 unspecified atom stereocenters. The van der Waals surface area contributed by atoms with Gasteiger partial charge in [0.05, 0.1) is 17.4 Å². The van der Waals surface area contributed by atoms with Crippen LogP contribution in [0.1, 0.15) is 37.6 Å². The fourth-order valence-corrected chi connectivity index (χ4v) is 4.13. The van der Waals surface area contributed by atoms with Gasteiger partial charge in [-0.2, -0.15) is 0 Å². The van der Waals surface area contributed by atoms with Crippen LogP contribution in [-0.4, -0.2) is 15.5 Å². The van der Waals surface area contributed by atoms with Crippen LogP contribution in [0.15, 0.2) is 77.6 Å². The molecular weight excluding hydrogens is 410 g/mol. The second kappa shape index (κ2) is 9.02. The number of aromatic nitrogens is 2. The van der Waals surface area contributed by atoms with E-state index in [0.29, 0.717) is 23.1 Å². The van der Waals surface area contributed by atoms with Crippen LogP contribution < -0.4 is 10.9 Å². The summed E-state index contributed by atoms with van der Waals surface area (Å²) in [6.45, 7) is 2.55. The molecule has 166 valence electrons. The molecule has 1 fully saturated rings. The maximum atomic E-state index is 13.5. The Bertz CT molecular complexity index is 1350. The molecule has 0 atom stereocenters. The number of anilines is 1. The monoisotopic (exact) mass is 437 g/mol. The molecule has 1 heterocycles. The Morgan fingerprint density at radius 2 is 1.73 bits per heavy atom. The van der Waals surface area contributed by atoms with E-state index in [2.05, 4.69) is 48.6 Å². The second-order valence-electron chi connectivity index (χ2n) is 8.73. The Balaban J connectivity index is 1.48. The normalized spacial score (nSPS) is 13.2. The number of hydrogen-bond acceptors (Lipinski definition) is 3. The van der Waals surface area contributed by atoms with Gasteiger partial charge in [0.2, 0.25) is 5.91 Å². The first-order valence-electron chi connectivity index (χ1n) is 11.6. The summed E-state index contributed by atoms with van der Waals surface area (Å²) in [6, 6.07) is 24.0. The molecule has 5 rings (SSSR count). The molecule has 4 aromatic rings. The lowest BCUT2D eigenvalue weighted by Crippen LogP contribution is -2.26. The number of rotatable bonds is 7. The van der Waals surface area contributed by atoms with Gasteiger partial charge in [0.15, 0.2) is 0 Å². The Hall–Kier alpha value is -3.73.